The largest absolute Gasteiger partial charge is 0.338 e. The summed E-state index contributed by atoms with van der Waals surface area (Å²) in [5.74, 6) is 0.468. The number of nitrogens with zero attached hydrogens (tertiary/aromatic N) is 1. The summed E-state index contributed by atoms with van der Waals surface area (Å²) in [6, 6.07) is 8.13. The summed E-state index contributed by atoms with van der Waals surface area (Å²) in [5.41, 5.74) is 1.18. The normalized spacial score (nSPS) is 19.4. The monoisotopic (exact) mass is 308 g/mol. The highest BCUT2D eigenvalue weighted by molar-refractivity contribution is 6.30. The van der Waals surface area contributed by atoms with Crippen molar-refractivity contribution in [3.8, 4) is 0 Å². The standard InChI is InChI=1S/C17H25ClN2O/c1-13(2)12-19-17(21)20-11-5-3-4-6-16(20)14-7-9-15(18)10-8-14/h7-10,13,16H,3-6,11-12H2,1-2H3,(H,19,21)/t16-/m1/s1. The number of nitrogens with one attached hydrogen (secondary N) is 1. The third kappa shape index (κ3) is 4.63. The van der Waals surface area contributed by atoms with Crippen LogP contribution in [0.25, 0.3) is 0 Å². The van der Waals surface area contributed by atoms with Gasteiger partial charge in [0.2, 0.25) is 0 Å². The second kappa shape index (κ2) is 7.69. The lowest BCUT2D eigenvalue weighted by molar-refractivity contribution is 0.174. The van der Waals surface area contributed by atoms with Crippen molar-refractivity contribution in [2.24, 2.45) is 5.92 Å². The Kier molecular flexibility index (Phi) is 5.92. The highest BCUT2D eigenvalue weighted by atomic mass is 35.5. The van der Waals surface area contributed by atoms with Gasteiger partial charge in [0.1, 0.15) is 0 Å². The van der Waals surface area contributed by atoms with Crippen LogP contribution in [0.4, 0.5) is 4.79 Å². The van der Waals surface area contributed by atoms with E-state index in [1.54, 1.807) is 0 Å². The SMILES string of the molecule is CC(C)CNC(=O)N1CCCCC[C@@H]1c1ccc(Cl)cc1. The molecule has 116 valence electrons. The molecule has 21 heavy (non-hydrogen) atoms. The van der Waals surface area contributed by atoms with Crippen LogP contribution in [0.5, 0.6) is 0 Å². The zero-order valence-electron chi connectivity index (χ0n) is 12.9. The van der Waals surface area contributed by atoms with Gasteiger partial charge in [0.25, 0.3) is 0 Å². The van der Waals surface area contributed by atoms with Crippen molar-refractivity contribution in [2.45, 2.75) is 45.6 Å². The van der Waals surface area contributed by atoms with Gasteiger partial charge >= 0.3 is 6.03 Å². The van der Waals surface area contributed by atoms with Gasteiger partial charge in [0.15, 0.2) is 0 Å². The van der Waals surface area contributed by atoms with Crippen LogP contribution in [0.3, 0.4) is 0 Å². The van der Waals surface area contributed by atoms with E-state index in [2.05, 4.69) is 19.2 Å². The molecule has 0 aliphatic carbocycles. The van der Waals surface area contributed by atoms with Gasteiger partial charge in [-0.3, -0.25) is 0 Å². The molecule has 1 saturated heterocycles. The molecule has 1 heterocycles. The first-order chi connectivity index (χ1) is 10.1. The summed E-state index contributed by atoms with van der Waals surface area (Å²) >= 11 is 5.97. The molecule has 1 fully saturated rings. The van der Waals surface area contributed by atoms with E-state index < -0.39 is 0 Å². The topological polar surface area (TPSA) is 32.3 Å². The number of carbonyl (C=O) groups excluding carboxylic acids is 1. The zero-order valence-corrected chi connectivity index (χ0v) is 13.7. The molecule has 4 heteroatoms. The molecule has 0 bridgehead atoms. The first-order valence-corrected chi connectivity index (χ1v) is 8.25. The van der Waals surface area contributed by atoms with Crippen LogP contribution in [0.1, 0.15) is 51.1 Å². The Balaban J connectivity index is 2.13. The van der Waals surface area contributed by atoms with Crippen molar-refractivity contribution in [1.82, 2.24) is 10.2 Å². The maximum Gasteiger partial charge on any atom is 0.317 e. The van der Waals surface area contributed by atoms with Crippen LogP contribution in [-0.2, 0) is 0 Å². The van der Waals surface area contributed by atoms with E-state index in [1.165, 1.54) is 18.4 Å². The molecule has 0 radical (unpaired) electrons. The summed E-state index contributed by atoms with van der Waals surface area (Å²) in [6.07, 6.45) is 4.47. The number of hydrogen-bond donors (Lipinski definition) is 1. The van der Waals surface area contributed by atoms with Crippen molar-refractivity contribution in [2.75, 3.05) is 13.1 Å². The highest BCUT2D eigenvalue weighted by Gasteiger charge is 2.26. The average Bonchev–Trinajstić information content (AvgIpc) is 2.71. The smallest absolute Gasteiger partial charge is 0.317 e. The molecule has 1 aliphatic rings. The second-order valence-corrected chi connectivity index (χ2v) is 6.63. The Morgan fingerprint density at radius 1 is 1.29 bits per heavy atom. The molecule has 1 aromatic rings. The summed E-state index contributed by atoms with van der Waals surface area (Å²) < 4.78 is 0. The quantitative estimate of drug-likeness (QED) is 0.868. The Morgan fingerprint density at radius 2 is 2.00 bits per heavy atom. The third-order valence-corrected chi connectivity index (χ3v) is 4.18. The fourth-order valence-corrected chi connectivity index (χ4v) is 2.90. The molecule has 0 unspecified atom stereocenters. The predicted octanol–water partition coefficient (Wildman–Crippen LogP) is 4.62. The Hall–Kier alpha value is -1.22. The summed E-state index contributed by atoms with van der Waals surface area (Å²) in [4.78, 5) is 14.5. The van der Waals surface area contributed by atoms with Gasteiger partial charge in [-0.05, 0) is 36.5 Å². The Morgan fingerprint density at radius 3 is 2.67 bits per heavy atom. The molecule has 0 spiro atoms. The Labute approximate surface area is 132 Å². The van der Waals surface area contributed by atoms with E-state index in [0.29, 0.717) is 5.92 Å². The van der Waals surface area contributed by atoms with Crippen LogP contribution in [0.15, 0.2) is 24.3 Å². The number of benzene rings is 1. The molecule has 2 amide bonds. The minimum atomic E-state index is 0.0607. The Bertz CT molecular complexity index is 458. The molecule has 0 saturated carbocycles. The zero-order chi connectivity index (χ0) is 15.2. The van der Waals surface area contributed by atoms with Gasteiger partial charge in [-0.15, -0.1) is 0 Å². The van der Waals surface area contributed by atoms with Crippen molar-refractivity contribution in [1.29, 1.82) is 0 Å². The second-order valence-electron chi connectivity index (χ2n) is 6.19. The summed E-state index contributed by atoms with van der Waals surface area (Å²) in [6.45, 7) is 5.78. The molecule has 1 aliphatic heterocycles. The number of amides is 2. The van der Waals surface area contributed by atoms with Gasteiger partial charge in [-0.1, -0.05) is 50.4 Å². The van der Waals surface area contributed by atoms with Crippen LogP contribution in [0, 0.1) is 5.92 Å². The predicted molar refractivity (Wildman–Crippen MR) is 87.6 cm³/mol. The summed E-state index contributed by atoms with van der Waals surface area (Å²) in [7, 11) is 0. The molecular formula is C17H25ClN2O. The van der Waals surface area contributed by atoms with E-state index >= 15 is 0 Å². The van der Waals surface area contributed by atoms with Crippen molar-refractivity contribution in [3.63, 3.8) is 0 Å². The first kappa shape index (κ1) is 16.2. The van der Waals surface area contributed by atoms with Crippen LogP contribution < -0.4 is 5.32 Å². The fourth-order valence-electron chi connectivity index (χ4n) is 2.78. The minimum Gasteiger partial charge on any atom is -0.338 e. The van der Waals surface area contributed by atoms with Crippen molar-refractivity contribution < 1.29 is 4.79 Å². The van der Waals surface area contributed by atoms with Crippen molar-refractivity contribution >= 4 is 17.6 Å². The van der Waals surface area contributed by atoms with Gasteiger partial charge in [0, 0.05) is 18.1 Å². The molecule has 1 aromatic carbocycles. The number of halogens is 1. The van der Waals surface area contributed by atoms with Gasteiger partial charge in [0.05, 0.1) is 6.04 Å². The number of hydrogen-bond acceptors (Lipinski definition) is 1. The maximum atomic E-state index is 12.5. The molecule has 0 aromatic heterocycles. The lowest BCUT2D eigenvalue weighted by Gasteiger charge is -2.31. The van der Waals surface area contributed by atoms with Crippen LogP contribution in [-0.4, -0.2) is 24.0 Å². The number of urea groups is 1. The number of carbonyl (C=O) groups is 1. The van der Waals surface area contributed by atoms with Gasteiger partial charge in [-0.25, -0.2) is 4.79 Å². The van der Waals surface area contributed by atoms with Crippen LogP contribution >= 0.6 is 11.6 Å². The van der Waals surface area contributed by atoms with Gasteiger partial charge in [-0.2, -0.15) is 0 Å². The lowest BCUT2D eigenvalue weighted by atomic mass is 10.0. The van der Waals surface area contributed by atoms with E-state index in [4.69, 9.17) is 11.6 Å². The lowest BCUT2D eigenvalue weighted by Crippen LogP contribution is -2.43. The molecule has 1 atom stereocenters. The highest BCUT2D eigenvalue weighted by Crippen LogP contribution is 2.30. The van der Waals surface area contributed by atoms with E-state index in [-0.39, 0.29) is 12.1 Å². The van der Waals surface area contributed by atoms with E-state index in [9.17, 15) is 4.79 Å². The molecule has 2 rings (SSSR count). The fraction of sp³-hybridized carbons (Fsp3) is 0.588. The number of rotatable bonds is 3. The summed E-state index contributed by atoms with van der Waals surface area (Å²) in [5, 5.41) is 3.79. The average molecular weight is 309 g/mol. The first-order valence-electron chi connectivity index (χ1n) is 7.88. The molecule has 1 N–H and O–H groups in total. The molecule has 3 nitrogen and oxygen atoms in total. The van der Waals surface area contributed by atoms with Crippen molar-refractivity contribution in [3.05, 3.63) is 34.9 Å². The van der Waals surface area contributed by atoms with E-state index in [0.717, 1.165) is 31.0 Å². The van der Waals surface area contributed by atoms with Gasteiger partial charge < -0.3 is 10.2 Å². The number of likely N-dealkylation sites (tertiary alicyclic amines) is 1. The van der Waals surface area contributed by atoms with Crippen LogP contribution in [0.2, 0.25) is 5.02 Å². The third-order valence-electron chi connectivity index (χ3n) is 3.93. The maximum absolute atomic E-state index is 12.5. The molecular weight excluding hydrogens is 284 g/mol. The minimum absolute atomic E-state index is 0.0607. The van der Waals surface area contributed by atoms with E-state index in [1.807, 2.05) is 29.2 Å².